The first kappa shape index (κ1) is 20.0. The largest absolute Gasteiger partial charge is 0.493 e. The summed E-state index contributed by atoms with van der Waals surface area (Å²) in [6.45, 7) is 4.83. The average molecular weight is 365 g/mol. The monoisotopic (exact) mass is 365 g/mol. The first-order valence-electron chi connectivity index (χ1n) is 8.66. The van der Waals surface area contributed by atoms with Crippen LogP contribution in [-0.4, -0.2) is 70.3 Å². The molecule has 0 aliphatic carbocycles. The minimum Gasteiger partial charge on any atom is -0.493 e. The van der Waals surface area contributed by atoms with Crippen LogP contribution in [0.1, 0.15) is 12.0 Å². The van der Waals surface area contributed by atoms with Gasteiger partial charge >= 0.3 is 0 Å². The van der Waals surface area contributed by atoms with Gasteiger partial charge in [-0.2, -0.15) is 0 Å². The van der Waals surface area contributed by atoms with E-state index in [2.05, 4.69) is 15.5 Å². The van der Waals surface area contributed by atoms with Gasteiger partial charge in [-0.3, -0.25) is 14.5 Å². The van der Waals surface area contributed by atoms with Crippen molar-refractivity contribution in [1.82, 2.24) is 15.5 Å². The van der Waals surface area contributed by atoms with Gasteiger partial charge in [-0.05, 0) is 17.7 Å². The molecule has 0 spiro atoms. The Balaban J connectivity index is 1.66. The van der Waals surface area contributed by atoms with E-state index in [0.717, 1.165) is 38.4 Å². The number of methoxy groups -OCH3 is 2. The minimum atomic E-state index is -0.316. The van der Waals surface area contributed by atoms with Gasteiger partial charge in [-0.1, -0.05) is 6.07 Å². The molecule has 1 saturated heterocycles. The lowest BCUT2D eigenvalue weighted by molar-refractivity contribution is -0.129. The molecular formula is C18H27N3O5. The molecule has 144 valence electrons. The summed E-state index contributed by atoms with van der Waals surface area (Å²) in [6, 6.07) is 5.41. The molecule has 1 aromatic rings. The number of morpholine rings is 1. The lowest BCUT2D eigenvalue weighted by Gasteiger charge is -2.26. The number of rotatable bonds is 9. The molecule has 1 aromatic carbocycles. The Bertz CT molecular complexity index is 602. The third kappa shape index (κ3) is 6.53. The molecule has 1 aliphatic rings. The first-order chi connectivity index (χ1) is 12.6. The molecule has 2 N–H and O–H groups in total. The average Bonchev–Trinajstić information content (AvgIpc) is 2.67. The Hall–Kier alpha value is -2.32. The van der Waals surface area contributed by atoms with Gasteiger partial charge in [0.1, 0.15) is 6.42 Å². The SMILES string of the molecule is COc1ccc(CNC(=O)CC(=O)NCCN2CCOCC2)cc1OC. The smallest absolute Gasteiger partial charge is 0.229 e. The zero-order valence-electron chi connectivity index (χ0n) is 15.4. The van der Waals surface area contributed by atoms with Crippen LogP contribution in [0.2, 0.25) is 0 Å². The summed E-state index contributed by atoms with van der Waals surface area (Å²) < 4.78 is 15.7. The predicted octanol–water partition coefficient (Wildman–Crippen LogP) is 0.159. The zero-order chi connectivity index (χ0) is 18.8. The highest BCUT2D eigenvalue weighted by Gasteiger charge is 2.12. The molecule has 2 amide bonds. The molecule has 1 aliphatic heterocycles. The normalized spacial score (nSPS) is 14.5. The van der Waals surface area contributed by atoms with Crippen LogP contribution in [0.15, 0.2) is 18.2 Å². The summed E-state index contributed by atoms with van der Waals surface area (Å²) >= 11 is 0. The van der Waals surface area contributed by atoms with E-state index in [9.17, 15) is 9.59 Å². The summed E-state index contributed by atoms with van der Waals surface area (Å²) in [5, 5.41) is 5.51. The lowest BCUT2D eigenvalue weighted by Crippen LogP contribution is -2.42. The van der Waals surface area contributed by atoms with Crippen molar-refractivity contribution < 1.29 is 23.8 Å². The highest BCUT2D eigenvalue weighted by atomic mass is 16.5. The number of hydrogen-bond donors (Lipinski definition) is 2. The summed E-state index contributed by atoms with van der Waals surface area (Å²) in [4.78, 5) is 26.0. The van der Waals surface area contributed by atoms with Crippen LogP contribution in [0.3, 0.4) is 0 Å². The van der Waals surface area contributed by atoms with Crippen molar-refractivity contribution in [3.8, 4) is 11.5 Å². The van der Waals surface area contributed by atoms with Crippen molar-refractivity contribution in [2.45, 2.75) is 13.0 Å². The topological polar surface area (TPSA) is 89.1 Å². The lowest BCUT2D eigenvalue weighted by atomic mass is 10.2. The van der Waals surface area contributed by atoms with Crippen LogP contribution in [-0.2, 0) is 20.9 Å². The van der Waals surface area contributed by atoms with Crippen LogP contribution in [0.5, 0.6) is 11.5 Å². The van der Waals surface area contributed by atoms with Gasteiger partial charge in [0.2, 0.25) is 11.8 Å². The third-order valence-corrected chi connectivity index (χ3v) is 4.11. The Labute approximate surface area is 153 Å². The van der Waals surface area contributed by atoms with E-state index >= 15 is 0 Å². The van der Waals surface area contributed by atoms with E-state index in [1.165, 1.54) is 0 Å². The fraction of sp³-hybridized carbons (Fsp3) is 0.556. The number of carbonyl (C=O) groups excluding carboxylic acids is 2. The second-order valence-corrected chi connectivity index (χ2v) is 5.95. The molecule has 0 aromatic heterocycles. The van der Waals surface area contributed by atoms with Gasteiger partial charge in [0.25, 0.3) is 0 Å². The molecule has 1 fully saturated rings. The minimum absolute atomic E-state index is 0.184. The maximum Gasteiger partial charge on any atom is 0.229 e. The van der Waals surface area contributed by atoms with Crippen LogP contribution in [0.25, 0.3) is 0 Å². The Morgan fingerprint density at radius 3 is 2.46 bits per heavy atom. The predicted molar refractivity (Wildman–Crippen MR) is 96.3 cm³/mol. The molecule has 0 bridgehead atoms. The maximum absolute atomic E-state index is 11.9. The van der Waals surface area contributed by atoms with E-state index < -0.39 is 0 Å². The van der Waals surface area contributed by atoms with Gasteiger partial charge < -0.3 is 24.8 Å². The molecule has 0 radical (unpaired) electrons. The van der Waals surface area contributed by atoms with Crippen molar-refractivity contribution >= 4 is 11.8 Å². The van der Waals surface area contributed by atoms with E-state index in [1.807, 2.05) is 6.07 Å². The Kier molecular flexibility index (Phi) is 8.17. The third-order valence-electron chi connectivity index (χ3n) is 4.11. The van der Waals surface area contributed by atoms with Crippen molar-refractivity contribution in [3.63, 3.8) is 0 Å². The van der Waals surface area contributed by atoms with E-state index in [0.29, 0.717) is 24.6 Å². The molecule has 0 unspecified atom stereocenters. The molecule has 8 heteroatoms. The number of carbonyl (C=O) groups is 2. The quantitative estimate of drug-likeness (QED) is 0.606. The van der Waals surface area contributed by atoms with E-state index in [1.54, 1.807) is 26.4 Å². The number of ether oxygens (including phenoxy) is 3. The molecule has 0 atom stereocenters. The number of nitrogens with zero attached hydrogens (tertiary/aromatic N) is 1. The number of nitrogens with one attached hydrogen (secondary N) is 2. The van der Waals surface area contributed by atoms with Gasteiger partial charge in [0.05, 0.1) is 27.4 Å². The molecule has 26 heavy (non-hydrogen) atoms. The summed E-state index contributed by atoms with van der Waals surface area (Å²) in [5.74, 6) is 0.633. The fourth-order valence-corrected chi connectivity index (χ4v) is 2.64. The van der Waals surface area contributed by atoms with Gasteiger partial charge in [-0.15, -0.1) is 0 Å². The number of hydrogen-bond acceptors (Lipinski definition) is 6. The molecule has 1 heterocycles. The summed E-state index contributed by atoms with van der Waals surface area (Å²) in [6.07, 6.45) is -0.184. The second-order valence-electron chi connectivity index (χ2n) is 5.95. The summed E-state index contributed by atoms with van der Waals surface area (Å²) in [5.41, 5.74) is 0.865. The van der Waals surface area contributed by atoms with Gasteiger partial charge in [-0.25, -0.2) is 0 Å². The maximum atomic E-state index is 11.9. The highest BCUT2D eigenvalue weighted by Crippen LogP contribution is 2.27. The van der Waals surface area contributed by atoms with Crippen molar-refractivity contribution in [2.75, 3.05) is 53.6 Å². The van der Waals surface area contributed by atoms with Crippen LogP contribution in [0, 0.1) is 0 Å². The van der Waals surface area contributed by atoms with Crippen LogP contribution in [0.4, 0.5) is 0 Å². The zero-order valence-corrected chi connectivity index (χ0v) is 15.4. The van der Waals surface area contributed by atoms with Crippen LogP contribution < -0.4 is 20.1 Å². The van der Waals surface area contributed by atoms with Crippen molar-refractivity contribution in [3.05, 3.63) is 23.8 Å². The number of amides is 2. The fourth-order valence-electron chi connectivity index (χ4n) is 2.64. The van der Waals surface area contributed by atoms with Gasteiger partial charge in [0.15, 0.2) is 11.5 Å². The van der Waals surface area contributed by atoms with Crippen molar-refractivity contribution in [2.24, 2.45) is 0 Å². The van der Waals surface area contributed by atoms with E-state index in [-0.39, 0.29) is 18.2 Å². The standard InChI is InChI=1S/C18H27N3O5/c1-24-15-4-3-14(11-16(15)25-2)13-20-18(23)12-17(22)19-5-6-21-7-9-26-10-8-21/h3-4,11H,5-10,12-13H2,1-2H3,(H,19,22)(H,20,23). The Morgan fingerprint density at radius 2 is 1.77 bits per heavy atom. The van der Waals surface area contributed by atoms with Crippen molar-refractivity contribution in [1.29, 1.82) is 0 Å². The highest BCUT2D eigenvalue weighted by molar-refractivity contribution is 5.96. The first-order valence-corrected chi connectivity index (χ1v) is 8.66. The molecule has 2 rings (SSSR count). The molecule has 8 nitrogen and oxygen atoms in total. The molecule has 0 saturated carbocycles. The van der Waals surface area contributed by atoms with Gasteiger partial charge in [0, 0.05) is 32.7 Å². The second kappa shape index (κ2) is 10.6. The van der Waals surface area contributed by atoms with E-state index in [4.69, 9.17) is 14.2 Å². The summed E-state index contributed by atoms with van der Waals surface area (Å²) in [7, 11) is 3.12. The molecular weight excluding hydrogens is 338 g/mol. The Morgan fingerprint density at radius 1 is 1.08 bits per heavy atom. The number of benzene rings is 1. The van der Waals surface area contributed by atoms with Crippen LogP contribution >= 0.6 is 0 Å².